The van der Waals surface area contributed by atoms with E-state index >= 15 is 0 Å². The predicted octanol–water partition coefficient (Wildman–Crippen LogP) is 1.89. The van der Waals surface area contributed by atoms with Crippen LogP contribution in [0, 0.1) is 0 Å². The van der Waals surface area contributed by atoms with Gasteiger partial charge in [0.05, 0.1) is 0 Å². The Kier molecular flexibility index (Phi) is 3.46. The second-order valence-electron chi connectivity index (χ2n) is 2.71. The first-order valence-corrected chi connectivity index (χ1v) is 4.32. The van der Waals surface area contributed by atoms with Crippen LogP contribution in [-0.4, -0.2) is 22.0 Å². The molecule has 78 valence electrons. The molecule has 0 spiro atoms. The summed E-state index contributed by atoms with van der Waals surface area (Å²) in [6, 6.07) is 6.10. The lowest BCUT2D eigenvalue weighted by molar-refractivity contribution is -0.146. The smallest absolute Gasteiger partial charge is 0.376 e. The zero-order chi connectivity index (χ0) is 11.4. The summed E-state index contributed by atoms with van der Waals surface area (Å²) in [5, 5.41) is 18.1. The highest BCUT2D eigenvalue weighted by molar-refractivity contribution is 6.38. The average Bonchev–Trinajstić information content (AvgIpc) is 2.17. The van der Waals surface area contributed by atoms with Gasteiger partial charge in [-0.05, 0) is 12.1 Å². The van der Waals surface area contributed by atoms with Crippen molar-refractivity contribution in [1.29, 1.82) is 0 Å². The van der Waals surface area contributed by atoms with E-state index in [1.165, 1.54) is 12.1 Å². The fraction of sp³-hybridized carbons (Fsp3) is 0. The zero-order valence-electron chi connectivity index (χ0n) is 7.48. The summed E-state index contributed by atoms with van der Waals surface area (Å²) in [4.78, 5) is 20.9. The quantitative estimate of drug-likeness (QED) is 0.469. The number of carbonyl (C=O) groups excluding carboxylic acids is 1. The largest absolute Gasteiger partial charge is 0.507 e. The molecule has 1 aromatic rings. The Morgan fingerprint density at radius 2 is 1.93 bits per heavy atom. The molecule has 4 nitrogen and oxygen atoms in total. The van der Waals surface area contributed by atoms with Crippen LogP contribution in [0.3, 0.4) is 0 Å². The van der Waals surface area contributed by atoms with Crippen molar-refractivity contribution in [2.45, 2.75) is 0 Å². The Labute approximate surface area is 90.4 Å². The van der Waals surface area contributed by atoms with Crippen molar-refractivity contribution < 1.29 is 19.8 Å². The van der Waals surface area contributed by atoms with Crippen molar-refractivity contribution in [2.24, 2.45) is 0 Å². The van der Waals surface area contributed by atoms with E-state index in [0.717, 1.165) is 0 Å². The van der Waals surface area contributed by atoms with Crippen molar-refractivity contribution in [1.82, 2.24) is 0 Å². The number of hydrogen-bond acceptors (Lipinski definition) is 3. The van der Waals surface area contributed by atoms with Gasteiger partial charge < -0.3 is 10.2 Å². The molecule has 0 atom stereocenters. The first kappa shape index (κ1) is 11.3. The molecule has 0 fully saturated rings. The van der Waals surface area contributed by atoms with Gasteiger partial charge in [0.1, 0.15) is 5.76 Å². The molecule has 0 bridgehead atoms. The summed E-state index contributed by atoms with van der Waals surface area (Å²) in [5.41, 5.74) is 0.289. The lowest BCUT2D eigenvalue weighted by Gasteiger charge is -1.99. The summed E-state index contributed by atoms with van der Waals surface area (Å²) < 4.78 is 0. The van der Waals surface area contributed by atoms with Crippen LogP contribution in [0.15, 0.2) is 30.3 Å². The van der Waals surface area contributed by atoms with Gasteiger partial charge in [0, 0.05) is 16.7 Å². The molecular formula is C10H7ClO4. The third-order valence-corrected chi connectivity index (χ3v) is 1.83. The van der Waals surface area contributed by atoms with Crippen LogP contribution in [0.2, 0.25) is 5.02 Å². The van der Waals surface area contributed by atoms with Gasteiger partial charge in [0.2, 0.25) is 0 Å². The van der Waals surface area contributed by atoms with Gasteiger partial charge >= 0.3 is 5.97 Å². The second-order valence-corrected chi connectivity index (χ2v) is 3.15. The van der Waals surface area contributed by atoms with E-state index < -0.39 is 17.5 Å². The predicted molar refractivity (Wildman–Crippen MR) is 54.7 cm³/mol. The number of aliphatic hydroxyl groups excluding tert-OH is 1. The minimum Gasteiger partial charge on any atom is -0.507 e. The van der Waals surface area contributed by atoms with Gasteiger partial charge in [-0.2, -0.15) is 0 Å². The molecule has 0 aliphatic heterocycles. The van der Waals surface area contributed by atoms with Crippen molar-refractivity contribution in [3.05, 3.63) is 40.9 Å². The molecule has 1 rings (SSSR count). The summed E-state index contributed by atoms with van der Waals surface area (Å²) in [6.07, 6.45) is 0.633. The van der Waals surface area contributed by atoms with Crippen LogP contribution in [0.4, 0.5) is 0 Å². The summed E-state index contributed by atoms with van der Waals surface area (Å²) >= 11 is 5.65. The van der Waals surface area contributed by atoms with Gasteiger partial charge in [-0.3, -0.25) is 4.79 Å². The highest BCUT2D eigenvalue weighted by Crippen LogP contribution is 2.16. The van der Waals surface area contributed by atoms with E-state index in [1.54, 1.807) is 12.1 Å². The molecule has 0 unspecified atom stereocenters. The van der Waals surface area contributed by atoms with Crippen molar-refractivity contribution in [3.63, 3.8) is 0 Å². The van der Waals surface area contributed by atoms with Crippen LogP contribution in [0.1, 0.15) is 5.56 Å². The summed E-state index contributed by atoms with van der Waals surface area (Å²) in [7, 11) is 0. The molecule has 0 aliphatic carbocycles. The van der Waals surface area contributed by atoms with Gasteiger partial charge in [-0.1, -0.05) is 23.7 Å². The van der Waals surface area contributed by atoms with E-state index in [4.69, 9.17) is 16.7 Å². The maximum atomic E-state index is 10.7. The number of hydrogen-bond donors (Lipinski definition) is 2. The van der Waals surface area contributed by atoms with E-state index in [-0.39, 0.29) is 5.56 Å². The van der Waals surface area contributed by atoms with Crippen molar-refractivity contribution >= 4 is 29.1 Å². The molecule has 0 heterocycles. The molecule has 0 aromatic heterocycles. The number of carboxylic acid groups (broad SMARTS) is 1. The van der Waals surface area contributed by atoms with E-state index in [1.807, 2.05) is 0 Å². The monoisotopic (exact) mass is 226 g/mol. The van der Waals surface area contributed by atoms with Gasteiger partial charge in [-0.15, -0.1) is 0 Å². The Bertz CT molecular complexity index is 437. The summed E-state index contributed by atoms with van der Waals surface area (Å²) in [6.45, 7) is 0. The number of aliphatic carboxylic acids is 1. The molecule has 0 aliphatic rings. The SMILES string of the molecule is O=C(O)C(=O)/C=C(\O)c1cccc(Cl)c1. The first-order chi connectivity index (χ1) is 7.00. The lowest BCUT2D eigenvalue weighted by Crippen LogP contribution is -2.09. The Balaban J connectivity index is 2.99. The van der Waals surface area contributed by atoms with Crippen LogP contribution >= 0.6 is 11.6 Å². The van der Waals surface area contributed by atoms with E-state index in [0.29, 0.717) is 11.1 Å². The van der Waals surface area contributed by atoms with Gasteiger partial charge in [0.25, 0.3) is 5.78 Å². The number of rotatable bonds is 3. The maximum Gasteiger partial charge on any atom is 0.376 e. The van der Waals surface area contributed by atoms with Crippen molar-refractivity contribution in [3.8, 4) is 0 Å². The normalized spacial score (nSPS) is 11.1. The third-order valence-electron chi connectivity index (χ3n) is 1.60. The standard InChI is InChI=1S/C10H7ClO4/c11-7-3-1-2-6(4-7)8(12)5-9(13)10(14)15/h1-5,12H,(H,14,15)/b8-5-. The minimum absolute atomic E-state index is 0.289. The third kappa shape index (κ3) is 3.11. The fourth-order valence-electron chi connectivity index (χ4n) is 0.917. The van der Waals surface area contributed by atoms with Crippen LogP contribution in [0.5, 0.6) is 0 Å². The average molecular weight is 227 g/mol. The van der Waals surface area contributed by atoms with Crippen LogP contribution in [-0.2, 0) is 9.59 Å². The van der Waals surface area contributed by atoms with Gasteiger partial charge in [0.15, 0.2) is 0 Å². The molecule has 0 saturated carbocycles. The zero-order valence-corrected chi connectivity index (χ0v) is 8.23. The molecule has 0 saturated heterocycles. The number of halogens is 1. The number of carboxylic acids is 1. The highest BCUT2D eigenvalue weighted by Gasteiger charge is 2.10. The molecular weight excluding hydrogens is 220 g/mol. The van der Waals surface area contributed by atoms with E-state index in [9.17, 15) is 14.7 Å². The highest BCUT2D eigenvalue weighted by atomic mass is 35.5. The Morgan fingerprint density at radius 1 is 1.27 bits per heavy atom. The molecule has 2 N–H and O–H groups in total. The maximum absolute atomic E-state index is 10.7. The minimum atomic E-state index is -1.62. The van der Waals surface area contributed by atoms with Crippen molar-refractivity contribution in [2.75, 3.05) is 0 Å². The summed E-state index contributed by atoms with van der Waals surface area (Å²) in [5.74, 6) is -3.24. The molecule has 5 heteroatoms. The topological polar surface area (TPSA) is 74.6 Å². The number of ketones is 1. The fourth-order valence-corrected chi connectivity index (χ4v) is 1.11. The number of benzene rings is 1. The van der Waals surface area contributed by atoms with E-state index in [2.05, 4.69) is 0 Å². The molecule has 0 radical (unpaired) electrons. The number of carbonyl (C=O) groups is 2. The Morgan fingerprint density at radius 3 is 2.47 bits per heavy atom. The van der Waals surface area contributed by atoms with Crippen LogP contribution < -0.4 is 0 Å². The van der Waals surface area contributed by atoms with Gasteiger partial charge in [-0.25, -0.2) is 4.79 Å². The van der Waals surface area contributed by atoms with Crippen LogP contribution in [0.25, 0.3) is 5.76 Å². The Hall–Kier alpha value is -1.81. The molecule has 1 aromatic carbocycles. The number of aliphatic hydroxyl groups is 1. The lowest BCUT2D eigenvalue weighted by atomic mass is 10.1. The second kappa shape index (κ2) is 4.61. The molecule has 15 heavy (non-hydrogen) atoms. The molecule has 0 amide bonds. The first-order valence-electron chi connectivity index (χ1n) is 3.94.